The SMILES string of the molecule is CCN(c1c(F)cccc1F)S(=O)(=O)c1ccc(Cl)cn1. The van der Waals surface area contributed by atoms with Crippen LogP contribution < -0.4 is 4.31 Å². The van der Waals surface area contributed by atoms with Gasteiger partial charge in [0.15, 0.2) is 16.7 Å². The summed E-state index contributed by atoms with van der Waals surface area (Å²) in [5.41, 5.74) is -0.628. The molecular weight excluding hydrogens is 322 g/mol. The molecule has 0 aliphatic heterocycles. The second kappa shape index (κ2) is 5.95. The summed E-state index contributed by atoms with van der Waals surface area (Å²) >= 11 is 5.65. The first-order valence-corrected chi connectivity index (χ1v) is 7.78. The number of benzene rings is 1. The Bertz CT molecular complexity index is 731. The van der Waals surface area contributed by atoms with Crippen molar-refractivity contribution >= 4 is 27.3 Å². The minimum Gasteiger partial charge on any atom is -0.259 e. The Hall–Kier alpha value is -1.73. The molecule has 0 unspecified atom stereocenters. The maximum absolute atomic E-state index is 13.8. The highest BCUT2D eigenvalue weighted by atomic mass is 35.5. The first-order valence-electron chi connectivity index (χ1n) is 5.96. The van der Waals surface area contributed by atoms with Crippen LogP contribution in [0.5, 0.6) is 0 Å². The molecular formula is C13H11ClF2N2O2S. The van der Waals surface area contributed by atoms with Crippen LogP contribution in [0.4, 0.5) is 14.5 Å². The summed E-state index contributed by atoms with van der Waals surface area (Å²) in [6.07, 6.45) is 1.15. The Labute approximate surface area is 126 Å². The number of pyridine rings is 1. The van der Waals surface area contributed by atoms with E-state index in [1.165, 1.54) is 19.1 Å². The molecule has 1 heterocycles. The van der Waals surface area contributed by atoms with Crippen molar-refractivity contribution in [1.82, 2.24) is 4.98 Å². The van der Waals surface area contributed by atoms with Gasteiger partial charge in [0, 0.05) is 12.7 Å². The molecule has 0 saturated carbocycles. The van der Waals surface area contributed by atoms with Crippen molar-refractivity contribution in [3.63, 3.8) is 0 Å². The number of sulfonamides is 1. The lowest BCUT2D eigenvalue weighted by Crippen LogP contribution is -2.33. The molecule has 0 aliphatic carbocycles. The molecule has 8 heteroatoms. The lowest BCUT2D eigenvalue weighted by atomic mass is 10.3. The monoisotopic (exact) mass is 332 g/mol. The summed E-state index contributed by atoms with van der Waals surface area (Å²) in [5, 5.41) is -0.0783. The molecule has 112 valence electrons. The van der Waals surface area contributed by atoms with E-state index >= 15 is 0 Å². The lowest BCUT2D eigenvalue weighted by Gasteiger charge is -2.23. The zero-order valence-electron chi connectivity index (χ0n) is 10.9. The third kappa shape index (κ3) is 2.98. The number of aromatic nitrogens is 1. The Kier molecular flexibility index (Phi) is 4.43. The summed E-state index contributed by atoms with van der Waals surface area (Å²) in [5.74, 6) is -1.93. The van der Waals surface area contributed by atoms with E-state index < -0.39 is 27.3 Å². The standard InChI is InChI=1S/C13H11ClF2N2O2S/c1-2-18(13-10(15)4-3-5-11(13)16)21(19,20)12-7-6-9(14)8-17-12/h3-8H,2H2,1H3. The number of hydrogen-bond acceptors (Lipinski definition) is 3. The molecule has 0 spiro atoms. The van der Waals surface area contributed by atoms with E-state index in [0.29, 0.717) is 4.31 Å². The van der Waals surface area contributed by atoms with Gasteiger partial charge < -0.3 is 0 Å². The smallest absolute Gasteiger partial charge is 0.259 e. The van der Waals surface area contributed by atoms with Gasteiger partial charge in [-0.3, -0.25) is 4.31 Å². The van der Waals surface area contributed by atoms with E-state index in [0.717, 1.165) is 24.4 Å². The fraction of sp³-hybridized carbons (Fsp3) is 0.154. The van der Waals surface area contributed by atoms with E-state index in [1.54, 1.807) is 0 Å². The molecule has 4 nitrogen and oxygen atoms in total. The summed E-state index contributed by atoms with van der Waals surface area (Å²) < 4.78 is 53.2. The minimum atomic E-state index is -4.18. The fourth-order valence-electron chi connectivity index (χ4n) is 1.80. The fourth-order valence-corrected chi connectivity index (χ4v) is 3.32. The van der Waals surface area contributed by atoms with Crippen LogP contribution in [0.3, 0.4) is 0 Å². The van der Waals surface area contributed by atoms with Crippen molar-refractivity contribution in [1.29, 1.82) is 0 Å². The first-order chi connectivity index (χ1) is 9.87. The van der Waals surface area contributed by atoms with Gasteiger partial charge in [0.1, 0.15) is 5.69 Å². The molecule has 0 atom stereocenters. The van der Waals surface area contributed by atoms with Crippen LogP contribution >= 0.6 is 11.6 Å². The highest BCUT2D eigenvalue weighted by Gasteiger charge is 2.29. The first kappa shape index (κ1) is 15.7. The van der Waals surface area contributed by atoms with Crippen molar-refractivity contribution in [2.24, 2.45) is 0 Å². The van der Waals surface area contributed by atoms with Crippen LogP contribution in [0.15, 0.2) is 41.6 Å². The van der Waals surface area contributed by atoms with Gasteiger partial charge in [0.2, 0.25) is 0 Å². The maximum Gasteiger partial charge on any atom is 0.281 e. The highest BCUT2D eigenvalue weighted by molar-refractivity contribution is 7.92. The highest BCUT2D eigenvalue weighted by Crippen LogP contribution is 2.28. The number of anilines is 1. The summed E-state index contributed by atoms with van der Waals surface area (Å²) in [4.78, 5) is 3.70. The van der Waals surface area contributed by atoms with Crippen LogP contribution in [0.25, 0.3) is 0 Å². The molecule has 0 radical (unpaired) electrons. The zero-order chi connectivity index (χ0) is 15.6. The maximum atomic E-state index is 13.8. The van der Waals surface area contributed by atoms with Crippen LogP contribution in [0.2, 0.25) is 5.02 Å². The zero-order valence-corrected chi connectivity index (χ0v) is 12.5. The Morgan fingerprint density at radius 2 is 1.81 bits per heavy atom. The van der Waals surface area contributed by atoms with E-state index in [2.05, 4.69) is 4.98 Å². The predicted molar refractivity (Wildman–Crippen MR) is 75.8 cm³/mol. The molecule has 1 aromatic carbocycles. The largest absolute Gasteiger partial charge is 0.281 e. The van der Waals surface area contributed by atoms with Crippen LogP contribution in [-0.4, -0.2) is 19.9 Å². The molecule has 21 heavy (non-hydrogen) atoms. The van der Waals surface area contributed by atoms with Gasteiger partial charge in [-0.1, -0.05) is 17.7 Å². The van der Waals surface area contributed by atoms with Crippen molar-refractivity contribution < 1.29 is 17.2 Å². The minimum absolute atomic E-state index is 0.148. The second-order valence-corrected chi connectivity index (χ2v) is 6.30. The Morgan fingerprint density at radius 1 is 1.19 bits per heavy atom. The van der Waals surface area contributed by atoms with E-state index in [-0.39, 0.29) is 16.6 Å². The summed E-state index contributed by atoms with van der Waals surface area (Å²) in [6, 6.07) is 5.67. The van der Waals surface area contributed by atoms with E-state index in [4.69, 9.17) is 11.6 Å². The molecule has 1 aromatic heterocycles. The van der Waals surface area contributed by atoms with Crippen molar-refractivity contribution in [3.8, 4) is 0 Å². The van der Waals surface area contributed by atoms with Gasteiger partial charge >= 0.3 is 0 Å². The molecule has 0 aliphatic rings. The average molecular weight is 333 g/mol. The molecule has 0 bridgehead atoms. The topological polar surface area (TPSA) is 50.3 Å². The van der Waals surface area contributed by atoms with Gasteiger partial charge in [-0.05, 0) is 31.2 Å². The molecule has 0 fully saturated rings. The van der Waals surface area contributed by atoms with Gasteiger partial charge in [-0.25, -0.2) is 13.8 Å². The average Bonchev–Trinajstić information content (AvgIpc) is 2.43. The van der Waals surface area contributed by atoms with Crippen molar-refractivity contribution in [2.45, 2.75) is 11.9 Å². The molecule has 0 saturated heterocycles. The van der Waals surface area contributed by atoms with E-state index in [1.807, 2.05) is 0 Å². The third-order valence-electron chi connectivity index (χ3n) is 2.73. The Balaban J connectivity index is 2.57. The van der Waals surface area contributed by atoms with Crippen molar-refractivity contribution in [3.05, 3.63) is 53.2 Å². The summed E-state index contributed by atoms with van der Waals surface area (Å²) in [7, 11) is -4.18. The van der Waals surface area contributed by atoms with Gasteiger partial charge in [-0.2, -0.15) is 8.42 Å². The van der Waals surface area contributed by atoms with Gasteiger partial charge in [0.25, 0.3) is 10.0 Å². The van der Waals surface area contributed by atoms with Crippen LogP contribution in [0, 0.1) is 11.6 Å². The molecule has 2 rings (SSSR count). The van der Waals surface area contributed by atoms with Crippen LogP contribution in [-0.2, 0) is 10.0 Å². The second-order valence-electron chi connectivity index (χ2n) is 4.05. The number of nitrogens with zero attached hydrogens (tertiary/aromatic N) is 2. The predicted octanol–water partition coefficient (Wildman–Crippen LogP) is 3.23. The van der Waals surface area contributed by atoms with Crippen LogP contribution in [0.1, 0.15) is 6.92 Å². The number of rotatable bonds is 4. The number of halogens is 3. The van der Waals surface area contributed by atoms with E-state index in [9.17, 15) is 17.2 Å². The molecule has 2 aromatic rings. The molecule has 0 N–H and O–H groups in total. The van der Waals surface area contributed by atoms with Gasteiger partial charge in [-0.15, -0.1) is 0 Å². The lowest BCUT2D eigenvalue weighted by molar-refractivity contribution is 0.566. The molecule has 0 amide bonds. The number of para-hydroxylation sites is 1. The third-order valence-corrected chi connectivity index (χ3v) is 4.74. The normalized spacial score (nSPS) is 11.4. The number of hydrogen-bond donors (Lipinski definition) is 0. The van der Waals surface area contributed by atoms with Crippen molar-refractivity contribution in [2.75, 3.05) is 10.8 Å². The summed E-state index contributed by atoms with van der Waals surface area (Å²) in [6.45, 7) is 1.32. The Morgan fingerprint density at radius 3 is 2.29 bits per heavy atom. The van der Waals surface area contributed by atoms with Gasteiger partial charge in [0.05, 0.1) is 5.02 Å². The quantitative estimate of drug-likeness (QED) is 0.863.